The van der Waals surface area contributed by atoms with E-state index in [2.05, 4.69) is 0 Å². The molecule has 0 N–H and O–H groups in total. The van der Waals surface area contributed by atoms with E-state index in [4.69, 9.17) is 0 Å². The van der Waals surface area contributed by atoms with Crippen molar-refractivity contribution in [2.24, 2.45) is 0 Å². The second kappa shape index (κ2) is 5.34. The SMILES string of the molecule is CCc1n(CC)cc[n+]1C(F)(F)C(F)(F)C(F)(F)C(F)(F)F. The fourth-order valence-electron chi connectivity index (χ4n) is 1.89. The van der Waals surface area contributed by atoms with Crippen molar-refractivity contribution in [3.63, 3.8) is 0 Å². The first kappa shape index (κ1) is 18.6. The van der Waals surface area contributed by atoms with Gasteiger partial charge >= 0.3 is 24.1 Å². The molecule has 0 saturated heterocycles. The van der Waals surface area contributed by atoms with Gasteiger partial charge in [0.25, 0.3) is 5.82 Å². The fraction of sp³-hybridized carbons (Fsp3) is 0.727. The van der Waals surface area contributed by atoms with Gasteiger partial charge in [-0.2, -0.15) is 44.1 Å². The summed E-state index contributed by atoms with van der Waals surface area (Å²) < 4.78 is 117. The van der Waals surface area contributed by atoms with Crippen molar-refractivity contribution in [3.05, 3.63) is 18.2 Å². The number of aryl methyl sites for hydroxylation is 1. The quantitative estimate of drug-likeness (QED) is 0.569. The zero-order valence-corrected chi connectivity index (χ0v) is 11.4. The average Bonchev–Trinajstić information content (AvgIpc) is 2.80. The maximum atomic E-state index is 13.8. The van der Waals surface area contributed by atoms with Gasteiger partial charge in [0, 0.05) is 6.42 Å². The minimum absolute atomic E-state index is 0.0491. The van der Waals surface area contributed by atoms with E-state index in [1.165, 1.54) is 13.8 Å². The molecule has 1 rings (SSSR count). The highest BCUT2D eigenvalue weighted by atomic mass is 19.4. The number of aromatic nitrogens is 2. The van der Waals surface area contributed by atoms with Crippen molar-refractivity contribution in [1.29, 1.82) is 0 Å². The molecule has 0 spiro atoms. The summed E-state index contributed by atoms with van der Waals surface area (Å²) >= 11 is 0. The predicted molar refractivity (Wildman–Crippen MR) is 55.8 cm³/mol. The van der Waals surface area contributed by atoms with Crippen molar-refractivity contribution in [2.45, 2.75) is 50.9 Å². The Hall–Kier alpha value is -1.42. The maximum absolute atomic E-state index is 13.8. The minimum atomic E-state index is -6.89. The average molecular weight is 343 g/mol. The second-order valence-corrected chi connectivity index (χ2v) is 4.41. The van der Waals surface area contributed by atoms with E-state index in [9.17, 15) is 39.5 Å². The molecule has 0 aliphatic rings. The Morgan fingerprint density at radius 1 is 0.909 bits per heavy atom. The van der Waals surface area contributed by atoms with E-state index in [1.54, 1.807) is 0 Å². The van der Waals surface area contributed by atoms with E-state index < -0.39 is 34.5 Å². The standard InChI is InChI=1S/C11H12F9N2/c1-3-7-21(4-2)5-6-22(7)11(19,20)9(14,15)8(12,13)10(16,17)18/h5-6H,3-4H2,1-2H3/q+1. The van der Waals surface area contributed by atoms with Crippen LogP contribution in [-0.4, -0.2) is 22.6 Å². The highest BCUT2D eigenvalue weighted by Crippen LogP contribution is 2.53. The van der Waals surface area contributed by atoms with Crippen LogP contribution in [0.1, 0.15) is 19.7 Å². The molecule has 1 aromatic rings. The van der Waals surface area contributed by atoms with Gasteiger partial charge in [0.05, 0.1) is 6.54 Å². The first-order chi connectivity index (χ1) is 9.75. The fourth-order valence-corrected chi connectivity index (χ4v) is 1.89. The molecule has 0 saturated carbocycles. The molecule has 0 aromatic carbocycles. The van der Waals surface area contributed by atoms with Crippen molar-refractivity contribution < 1.29 is 44.1 Å². The number of hydrogen-bond acceptors (Lipinski definition) is 0. The van der Waals surface area contributed by atoms with Gasteiger partial charge in [0.2, 0.25) is 0 Å². The number of nitrogens with zero attached hydrogens (tertiary/aromatic N) is 2. The molecule has 128 valence electrons. The number of alkyl halides is 9. The molecule has 0 amide bonds. The Labute approximate surface area is 119 Å². The molecule has 2 nitrogen and oxygen atoms in total. The second-order valence-electron chi connectivity index (χ2n) is 4.41. The van der Waals surface area contributed by atoms with E-state index in [0.29, 0.717) is 6.20 Å². The minimum Gasteiger partial charge on any atom is -0.234 e. The zero-order valence-electron chi connectivity index (χ0n) is 11.4. The number of halogens is 9. The summed E-state index contributed by atoms with van der Waals surface area (Å²) in [6.07, 6.45) is -5.85. The van der Waals surface area contributed by atoms with Gasteiger partial charge in [-0.05, 0) is 6.92 Å². The summed E-state index contributed by atoms with van der Waals surface area (Å²) in [7, 11) is 0. The van der Waals surface area contributed by atoms with Crippen LogP contribution < -0.4 is 4.57 Å². The Kier molecular flexibility index (Phi) is 4.52. The van der Waals surface area contributed by atoms with E-state index in [-0.39, 0.29) is 13.0 Å². The Morgan fingerprint density at radius 2 is 1.41 bits per heavy atom. The van der Waals surface area contributed by atoms with E-state index in [0.717, 1.165) is 10.8 Å². The molecule has 22 heavy (non-hydrogen) atoms. The maximum Gasteiger partial charge on any atom is 0.469 e. The van der Waals surface area contributed by atoms with Crippen LogP contribution in [0.15, 0.2) is 12.4 Å². The third kappa shape index (κ3) is 2.43. The molecule has 1 aromatic heterocycles. The van der Waals surface area contributed by atoms with Crippen molar-refractivity contribution in [3.8, 4) is 0 Å². The van der Waals surface area contributed by atoms with Crippen LogP contribution in [0.4, 0.5) is 39.5 Å². The van der Waals surface area contributed by atoms with Crippen LogP contribution in [0.3, 0.4) is 0 Å². The van der Waals surface area contributed by atoms with Crippen molar-refractivity contribution >= 4 is 0 Å². The van der Waals surface area contributed by atoms with Gasteiger partial charge < -0.3 is 0 Å². The van der Waals surface area contributed by atoms with Gasteiger partial charge in [0.15, 0.2) is 0 Å². The highest BCUT2D eigenvalue weighted by Gasteiger charge is 2.84. The number of hydrogen-bond donors (Lipinski definition) is 0. The Morgan fingerprint density at radius 3 is 1.77 bits per heavy atom. The molecule has 1 heterocycles. The molecular formula is C11H12F9N2+. The van der Waals surface area contributed by atoms with Crippen LogP contribution in [0.2, 0.25) is 0 Å². The smallest absolute Gasteiger partial charge is 0.234 e. The van der Waals surface area contributed by atoms with Crippen LogP contribution in [0.25, 0.3) is 0 Å². The normalized spacial score (nSPS) is 14.5. The van der Waals surface area contributed by atoms with Crippen LogP contribution >= 0.6 is 0 Å². The lowest BCUT2D eigenvalue weighted by Crippen LogP contribution is -2.70. The van der Waals surface area contributed by atoms with Crippen molar-refractivity contribution in [1.82, 2.24) is 4.57 Å². The summed E-state index contributed by atoms with van der Waals surface area (Å²) in [5.74, 6) is -14.1. The molecular weight excluding hydrogens is 331 g/mol. The van der Waals surface area contributed by atoms with Crippen LogP contribution in [0.5, 0.6) is 0 Å². The zero-order chi connectivity index (χ0) is 17.6. The van der Waals surface area contributed by atoms with Gasteiger partial charge in [-0.15, -0.1) is 0 Å². The number of rotatable bonds is 5. The molecule has 0 unspecified atom stereocenters. The Balaban J connectivity index is 3.49. The molecule has 0 atom stereocenters. The van der Waals surface area contributed by atoms with Crippen molar-refractivity contribution in [2.75, 3.05) is 0 Å². The third-order valence-corrected chi connectivity index (χ3v) is 3.09. The first-order valence-corrected chi connectivity index (χ1v) is 6.06. The predicted octanol–water partition coefficient (Wildman–Crippen LogP) is 3.74. The van der Waals surface area contributed by atoms with E-state index in [1.807, 2.05) is 0 Å². The lowest BCUT2D eigenvalue weighted by atomic mass is 10.1. The van der Waals surface area contributed by atoms with Gasteiger partial charge in [-0.25, -0.2) is 4.57 Å². The van der Waals surface area contributed by atoms with Crippen LogP contribution in [-0.2, 0) is 19.0 Å². The Bertz CT molecular complexity index is 530. The van der Waals surface area contributed by atoms with Crippen LogP contribution in [0, 0.1) is 0 Å². The molecule has 0 radical (unpaired) electrons. The van der Waals surface area contributed by atoms with Gasteiger partial charge in [-0.1, -0.05) is 6.92 Å². The molecule has 0 aliphatic heterocycles. The molecule has 0 aliphatic carbocycles. The van der Waals surface area contributed by atoms with E-state index >= 15 is 0 Å². The summed E-state index contributed by atoms with van der Waals surface area (Å²) in [4.78, 5) is 0. The third-order valence-electron chi connectivity index (χ3n) is 3.09. The lowest BCUT2D eigenvalue weighted by molar-refractivity contribution is -0.854. The molecule has 0 fully saturated rings. The molecule has 11 heteroatoms. The lowest BCUT2D eigenvalue weighted by Gasteiger charge is -2.31. The summed E-state index contributed by atoms with van der Waals surface area (Å²) in [5.41, 5.74) is 0. The first-order valence-electron chi connectivity index (χ1n) is 6.06. The summed E-state index contributed by atoms with van der Waals surface area (Å²) in [6.45, 7) is 2.78. The summed E-state index contributed by atoms with van der Waals surface area (Å²) in [5, 5.41) is 0. The largest absolute Gasteiger partial charge is 0.469 e. The monoisotopic (exact) mass is 343 g/mol. The van der Waals surface area contributed by atoms with Gasteiger partial charge in [-0.3, -0.25) is 0 Å². The topological polar surface area (TPSA) is 8.81 Å². The molecule has 0 bridgehead atoms. The van der Waals surface area contributed by atoms with Gasteiger partial charge in [0.1, 0.15) is 12.4 Å². The highest BCUT2D eigenvalue weighted by molar-refractivity contribution is 4.95. The summed E-state index contributed by atoms with van der Waals surface area (Å²) in [6, 6.07) is -5.77. The number of imidazole rings is 1.